The van der Waals surface area contributed by atoms with Crippen LogP contribution < -0.4 is 0 Å². The second-order valence-electron chi connectivity index (χ2n) is 5.22. The fourth-order valence-corrected chi connectivity index (χ4v) is 2.99. The van der Waals surface area contributed by atoms with Gasteiger partial charge >= 0.3 is 0 Å². The smallest absolute Gasteiger partial charge is 0.258 e. The molecule has 4 heteroatoms. The van der Waals surface area contributed by atoms with Crippen LogP contribution in [0.3, 0.4) is 0 Å². The Bertz CT molecular complexity index is 780. The molecule has 0 bridgehead atoms. The van der Waals surface area contributed by atoms with Crippen molar-refractivity contribution in [2.45, 2.75) is 5.92 Å². The zero-order valence-corrected chi connectivity index (χ0v) is 13.0. The number of halogens is 1. The molecule has 3 aromatic rings. The van der Waals surface area contributed by atoms with Gasteiger partial charge in [0, 0.05) is 18.1 Å². The van der Waals surface area contributed by atoms with Crippen LogP contribution >= 0.6 is 11.6 Å². The Morgan fingerprint density at radius 1 is 0.826 bits per heavy atom. The molecule has 23 heavy (non-hydrogen) atoms. The molecule has 0 spiro atoms. The van der Waals surface area contributed by atoms with E-state index in [2.05, 4.69) is 0 Å². The fraction of sp³-hybridized carbons (Fsp3) is 0.0526. The number of nitro benzene ring substituents is 1. The highest BCUT2D eigenvalue weighted by Crippen LogP contribution is 2.37. The monoisotopic (exact) mass is 323 g/mol. The molecule has 0 aliphatic rings. The minimum Gasteiger partial charge on any atom is -0.258 e. The van der Waals surface area contributed by atoms with Gasteiger partial charge in [0.15, 0.2) is 0 Å². The van der Waals surface area contributed by atoms with Crippen molar-refractivity contribution >= 4 is 17.3 Å². The maximum absolute atomic E-state index is 10.9. The molecule has 0 radical (unpaired) electrons. The quantitative estimate of drug-likeness (QED) is 0.365. The van der Waals surface area contributed by atoms with Gasteiger partial charge in [0.25, 0.3) is 5.69 Å². The molecule has 0 aromatic heterocycles. The van der Waals surface area contributed by atoms with Crippen LogP contribution in [0, 0.1) is 10.1 Å². The molecule has 0 amide bonds. The van der Waals surface area contributed by atoms with E-state index in [1.54, 1.807) is 6.07 Å². The molecular weight excluding hydrogens is 310 g/mol. The molecule has 0 saturated heterocycles. The Morgan fingerprint density at radius 3 is 1.78 bits per heavy atom. The summed E-state index contributed by atoms with van der Waals surface area (Å²) in [4.78, 5) is 10.5. The normalized spacial score (nSPS) is 10.7. The fourth-order valence-electron chi connectivity index (χ4n) is 2.71. The van der Waals surface area contributed by atoms with Gasteiger partial charge in [0.1, 0.15) is 0 Å². The summed E-state index contributed by atoms with van der Waals surface area (Å²) in [6.45, 7) is 0. The summed E-state index contributed by atoms with van der Waals surface area (Å²) in [5, 5.41) is 11.3. The highest BCUT2D eigenvalue weighted by molar-refractivity contribution is 6.31. The average Bonchev–Trinajstić information content (AvgIpc) is 2.58. The summed E-state index contributed by atoms with van der Waals surface area (Å²) < 4.78 is 0. The summed E-state index contributed by atoms with van der Waals surface area (Å²) in [6, 6.07) is 24.6. The second-order valence-corrected chi connectivity index (χ2v) is 5.62. The first-order valence-electron chi connectivity index (χ1n) is 7.20. The Kier molecular flexibility index (Phi) is 4.40. The zero-order valence-electron chi connectivity index (χ0n) is 12.2. The first-order chi connectivity index (χ1) is 11.2. The number of hydrogen-bond donors (Lipinski definition) is 0. The van der Waals surface area contributed by atoms with Gasteiger partial charge in [0.05, 0.1) is 9.95 Å². The predicted molar refractivity (Wildman–Crippen MR) is 91.9 cm³/mol. The Hall–Kier alpha value is -2.65. The van der Waals surface area contributed by atoms with Crippen molar-refractivity contribution in [2.75, 3.05) is 0 Å². The lowest BCUT2D eigenvalue weighted by atomic mass is 9.85. The van der Waals surface area contributed by atoms with E-state index in [-0.39, 0.29) is 11.6 Å². The molecule has 3 aromatic carbocycles. The van der Waals surface area contributed by atoms with Crippen molar-refractivity contribution in [1.82, 2.24) is 0 Å². The maximum atomic E-state index is 10.9. The highest BCUT2D eigenvalue weighted by atomic mass is 35.5. The van der Waals surface area contributed by atoms with E-state index in [9.17, 15) is 10.1 Å². The van der Waals surface area contributed by atoms with Gasteiger partial charge in [-0.1, -0.05) is 72.3 Å². The van der Waals surface area contributed by atoms with Crippen LogP contribution in [0.5, 0.6) is 0 Å². The first kappa shape index (κ1) is 15.3. The third kappa shape index (κ3) is 3.25. The van der Waals surface area contributed by atoms with Gasteiger partial charge in [-0.25, -0.2) is 0 Å². The molecule has 0 aliphatic heterocycles. The van der Waals surface area contributed by atoms with E-state index in [0.717, 1.165) is 16.7 Å². The van der Waals surface area contributed by atoms with Crippen LogP contribution in [0.25, 0.3) is 0 Å². The highest BCUT2D eigenvalue weighted by Gasteiger charge is 2.20. The van der Waals surface area contributed by atoms with Crippen molar-refractivity contribution in [1.29, 1.82) is 0 Å². The van der Waals surface area contributed by atoms with Crippen molar-refractivity contribution < 1.29 is 4.92 Å². The van der Waals surface area contributed by atoms with Gasteiger partial charge in [-0.3, -0.25) is 10.1 Å². The number of hydrogen-bond acceptors (Lipinski definition) is 2. The molecule has 3 nitrogen and oxygen atoms in total. The lowest BCUT2D eigenvalue weighted by Crippen LogP contribution is -2.04. The van der Waals surface area contributed by atoms with Gasteiger partial charge in [-0.05, 0) is 22.8 Å². The average molecular weight is 324 g/mol. The van der Waals surface area contributed by atoms with Crippen LogP contribution in [0.2, 0.25) is 5.02 Å². The van der Waals surface area contributed by atoms with Crippen LogP contribution in [0.1, 0.15) is 22.6 Å². The lowest BCUT2D eigenvalue weighted by Gasteiger charge is -2.20. The number of benzene rings is 3. The summed E-state index contributed by atoms with van der Waals surface area (Å²) in [6.07, 6.45) is 0. The van der Waals surface area contributed by atoms with Gasteiger partial charge in [0.2, 0.25) is 0 Å². The van der Waals surface area contributed by atoms with E-state index >= 15 is 0 Å². The van der Waals surface area contributed by atoms with E-state index in [1.165, 1.54) is 12.1 Å². The van der Waals surface area contributed by atoms with E-state index < -0.39 is 4.92 Å². The molecule has 114 valence electrons. The first-order valence-corrected chi connectivity index (χ1v) is 7.58. The zero-order chi connectivity index (χ0) is 16.2. The molecule has 3 rings (SSSR count). The molecule has 0 unspecified atom stereocenters. The van der Waals surface area contributed by atoms with Crippen molar-refractivity contribution in [3.05, 3.63) is 111 Å². The molecule has 0 heterocycles. The summed E-state index contributed by atoms with van der Waals surface area (Å²) in [7, 11) is 0. The minimum absolute atomic E-state index is 0.00127. The maximum Gasteiger partial charge on any atom is 0.270 e. The van der Waals surface area contributed by atoms with Crippen LogP contribution in [0.15, 0.2) is 78.9 Å². The summed E-state index contributed by atoms with van der Waals surface area (Å²) in [5.74, 6) is -0.0642. The standard InChI is InChI=1S/C19H14ClNO2/c20-18-13-16(21(22)23)11-12-17(18)19(14-7-3-1-4-8-14)15-9-5-2-6-10-15/h1-13,19H. The summed E-state index contributed by atoms with van der Waals surface area (Å²) in [5.41, 5.74) is 3.04. The van der Waals surface area contributed by atoms with Crippen molar-refractivity contribution in [3.8, 4) is 0 Å². The van der Waals surface area contributed by atoms with E-state index in [4.69, 9.17) is 11.6 Å². The molecule has 0 fully saturated rings. The summed E-state index contributed by atoms with van der Waals surface area (Å²) >= 11 is 6.36. The number of nitro groups is 1. The largest absolute Gasteiger partial charge is 0.270 e. The SMILES string of the molecule is O=[N+]([O-])c1ccc(C(c2ccccc2)c2ccccc2)c(Cl)c1. The molecule has 0 aliphatic carbocycles. The van der Waals surface area contributed by atoms with Gasteiger partial charge in [-0.2, -0.15) is 0 Å². The van der Waals surface area contributed by atoms with Crippen LogP contribution in [-0.4, -0.2) is 4.92 Å². The van der Waals surface area contributed by atoms with E-state index in [0.29, 0.717) is 5.02 Å². The van der Waals surface area contributed by atoms with Crippen molar-refractivity contribution in [2.24, 2.45) is 0 Å². The van der Waals surface area contributed by atoms with Crippen LogP contribution in [-0.2, 0) is 0 Å². The third-order valence-corrected chi connectivity index (χ3v) is 4.10. The Labute approximate surface area is 139 Å². The van der Waals surface area contributed by atoms with Gasteiger partial charge in [-0.15, -0.1) is 0 Å². The van der Waals surface area contributed by atoms with Gasteiger partial charge < -0.3 is 0 Å². The topological polar surface area (TPSA) is 43.1 Å². The Morgan fingerprint density at radius 2 is 1.35 bits per heavy atom. The number of nitrogens with zero attached hydrogens (tertiary/aromatic N) is 1. The molecular formula is C19H14ClNO2. The van der Waals surface area contributed by atoms with Crippen LogP contribution in [0.4, 0.5) is 5.69 Å². The third-order valence-electron chi connectivity index (χ3n) is 3.77. The lowest BCUT2D eigenvalue weighted by molar-refractivity contribution is -0.384. The van der Waals surface area contributed by atoms with E-state index in [1.807, 2.05) is 60.7 Å². The second kappa shape index (κ2) is 6.63. The molecule has 0 saturated carbocycles. The predicted octanol–water partition coefficient (Wildman–Crippen LogP) is 5.43. The molecule has 0 atom stereocenters. The minimum atomic E-state index is -0.435. The molecule has 0 N–H and O–H groups in total. The van der Waals surface area contributed by atoms with Crippen molar-refractivity contribution in [3.63, 3.8) is 0 Å². The number of non-ortho nitro benzene ring substituents is 1. The number of rotatable bonds is 4. The Balaban J connectivity index is 2.15.